The van der Waals surface area contributed by atoms with Gasteiger partial charge in [0.1, 0.15) is 0 Å². The van der Waals surface area contributed by atoms with Crippen molar-refractivity contribution < 1.29 is 19.3 Å². The van der Waals surface area contributed by atoms with E-state index in [0.717, 1.165) is 0 Å². The van der Waals surface area contributed by atoms with Crippen LogP contribution in [0.25, 0.3) is 11.1 Å². The standard InChI is InChI=1S/C30H37NO4/c1-22-5-11-26-27-12-6-23(2)20-29(27)30(28(26)19-22,24-7-9-25(10-8-24)31(3)4)21-35-18-17-34-16-15-33-14-13-32/h5-12,19-20,32H,13-18,21H2,1-4H3. The number of fused-ring (bicyclic) bond motifs is 3. The van der Waals surface area contributed by atoms with Crippen LogP contribution in [0.1, 0.15) is 27.8 Å². The lowest BCUT2D eigenvalue weighted by Gasteiger charge is -2.33. The Labute approximate surface area is 209 Å². The summed E-state index contributed by atoms with van der Waals surface area (Å²) in [5.74, 6) is 0. The first-order chi connectivity index (χ1) is 17.0. The topological polar surface area (TPSA) is 51.2 Å². The average molecular weight is 476 g/mol. The van der Waals surface area contributed by atoms with E-state index in [2.05, 4.69) is 93.5 Å². The quantitative estimate of drug-likeness (QED) is 0.384. The number of hydrogen-bond acceptors (Lipinski definition) is 5. The SMILES string of the molecule is Cc1ccc2c(c1)C(COCCOCCOCCO)(c1ccc(N(C)C)cc1)c1cc(C)ccc1-2. The van der Waals surface area contributed by atoms with E-state index in [1.165, 1.54) is 44.6 Å². The third kappa shape index (κ3) is 5.29. The van der Waals surface area contributed by atoms with Gasteiger partial charge < -0.3 is 24.2 Å². The zero-order chi connectivity index (χ0) is 24.8. The van der Waals surface area contributed by atoms with Crippen molar-refractivity contribution in [2.75, 3.05) is 65.2 Å². The Balaban J connectivity index is 1.65. The zero-order valence-electron chi connectivity index (χ0n) is 21.3. The van der Waals surface area contributed by atoms with Gasteiger partial charge in [-0.25, -0.2) is 0 Å². The smallest absolute Gasteiger partial charge is 0.0701 e. The lowest BCUT2D eigenvalue weighted by atomic mass is 9.72. The van der Waals surface area contributed by atoms with Crippen molar-refractivity contribution in [1.29, 1.82) is 0 Å². The fraction of sp³-hybridized carbons (Fsp3) is 0.400. The first-order valence-electron chi connectivity index (χ1n) is 12.3. The average Bonchev–Trinajstić information content (AvgIpc) is 3.12. The van der Waals surface area contributed by atoms with Crippen molar-refractivity contribution in [2.45, 2.75) is 19.3 Å². The fourth-order valence-electron chi connectivity index (χ4n) is 4.96. The summed E-state index contributed by atoms with van der Waals surface area (Å²) in [5.41, 5.74) is 9.67. The van der Waals surface area contributed by atoms with Crippen LogP contribution in [-0.4, -0.2) is 65.5 Å². The molecule has 0 amide bonds. The molecule has 1 aliphatic rings. The second-order valence-electron chi connectivity index (χ2n) is 9.45. The second-order valence-corrected chi connectivity index (χ2v) is 9.45. The second kappa shape index (κ2) is 11.4. The molecule has 0 fully saturated rings. The minimum Gasteiger partial charge on any atom is -0.394 e. The van der Waals surface area contributed by atoms with Gasteiger partial charge in [0, 0.05) is 19.8 Å². The van der Waals surface area contributed by atoms with Crippen LogP contribution >= 0.6 is 0 Å². The molecule has 0 heterocycles. The molecule has 0 atom stereocenters. The lowest BCUT2D eigenvalue weighted by Crippen LogP contribution is -2.33. The molecule has 0 unspecified atom stereocenters. The Morgan fingerprint density at radius 2 is 1.20 bits per heavy atom. The number of aliphatic hydroxyl groups excluding tert-OH is 1. The predicted molar refractivity (Wildman–Crippen MR) is 142 cm³/mol. The number of hydrogen-bond donors (Lipinski definition) is 1. The summed E-state index contributed by atoms with van der Waals surface area (Å²) in [5, 5.41) is 8.79. The number of benzene rings is 3. The summed E-state index contributed by atoms with van der Waals surface area (Å²) in [6.07, 6.45) is 0. The van der Waals surface area contributed by atoms with Gasteiger partial charge in [-0.1, -0.05) is 59.7 Å². The number of ether oxygens (including phenoxy) is 3. The number of anilines is 1. The van der Waals surface area contributed by atoms with Crippen molar-refractivity contribution in [3.63, 3.8) is 0 Å². The molecular formula is C30H37NO4. The van der Waals surface area contributed by atoms with Crippen LogP contribution in [0.2, 0.25) is 0 Å². The van der Waals surface area contributed by atoms with Gasteiger partial charge in [0.25, 0.3) is 0 Å². The molecule has 186 valence electrons. The predicted octanol–water partition coefficient (Wildman–Crippen LogP) is 4.73. The Bertz CT molecular complexity index is 1070. The molecule has 1 N–H and O–H groups in total. The van der Waals surface area contributed by atoms with Crippen LogP contribution in [0.15, 0.2) is 60.7 Å². The van der Waals surface area contributed by atoms with Gasteiger partial charge in [0.05, 0.1) is 51.7 Å². The molecule has 3 aromatic carbocycles. The molecule has 3 aromatic rings. The third-order valence-electron chi connectivity index (χ3n) is 6.73. The van der Waals surface area contributed by atoms with E-state index < -0.39 is 5.41 Å². The van der Waals surface area contributed by atoms with Crippen LogP contribution in [0.3, 0.4) is 0 Å². The van der Waals surface area contributed by atoms with E-state index in [-0.39, 0.29) is 6.61 Å². The number of rotatable bonds is 12. The summed E-state index contributed by atoms with van der Waals surface area (Å²) in [6, 6.07) is 22.4. The number of aryl methyl sites for hydroxylation is 2. The van der Waals surface area contributed by atoms with E-state index in [4.69, 9.17) is 19.3 Å². The largest absolute Gasteiger partial charge is 0.394 e. The van der Waals surface area contributed by atoms with Crippen molar-refractivity contribution in [1.82, 2.24) is 0 Å². The van der Waals surface area contributed by atoms with Gasteiger partial charge in [-0.3, -0.25) is 0 Å². The van der Waals surface area contributed by atoms with Crippen molar-refractivity contribution >= 4 is 5.69 Å². The van der Waals surface area contributed by atoms with Crippen LogP contribution < -0.4 is 4.90 Å². The molecule has 5 heteroatoms. The van der Waals surface area contributed by atoms with Gasteiger partial charge in [0.2, 0.25) is 0 Å². The number of nitrogens with zero attached hydrogens (tertiary/aromatic N) is 1. The van der Waals surface area contributed by atoms with E-state index in [1.807, 2.05) is 0 Å². The lowest BCUT2D eigenvalue weighted by molar-refractivity contribution is 0.00349. The molecule has 5 nitrogen and oxygen atoms in total. The molecule has 0 aliphatic heterocycles. The van der Waals surface area contributed by atoms with Crippen LogP contribution in [0.4, 0.5) is 5.69 Å². The van der Waals surface area contributed by atoms with Gasteiger partial charge in [-0.2, -0.15) is 0 Å². The van der Waals surface area contributed by atoms with E-state index >= 15 is 0 Å². The van der Waals surface area contributed by atoms with Gasteiger partial charge in [-0.15, -0.1) is 0 Å². The monoisotopic (exact) mass is 475 g/mol. The van der Waals surface area contributed by atoms with Gasteiger partial charge >= 0.3 is 0 Å². The summed E-state index contributed by atoms with van der Waals surface area (Å²) < 4.78 is 17.3. The fourth-order valence-corrected chi connectivity index (χ4v) is 4.96. The van der Waals surface area contributed by atoms with E-state index in [9.17, 15) is 0 Å². The summed E-state index contributed by atoms with van der Waals surface area (Å²) in [6.45, 7) is 7.18. The summed E-state index contributed by atoms with van der Waals surface area (Å²) in [7, 11) is 4.13. The Morgan fingerprint density at radius 1 is 0.686 bits per heavy atom. The normalized spacial score (nSPS) is 13.5. The Kier molecular flexibility index (Phi) is 8.24. The highest BCUT2D eigenvalue weighted by Crippen LogP contribution is 2.53. The highest BCUT2D eigenvalue weighted by Gasteiger charge is 2.45. The molecule has 0 saturated carbocycles. The molecule has 0 saturated heterocycles. The molecule has 0 bridgehead atoms. The molecular weight excluding hydrogens is 438 g/mol. The van der Waals surface area contributed by atoms with E-state index in [1.54, 1.807) is 0 Å². The molecule has 35 heavy (non-hydrogen) atoms. The maximum absolute atomic E-state index is 8.79. The zero-order valence-corrected chi connectivity index (χ0v) is 21.3. The number of aliphatic hydroxyl groups is 1. The third-order valence-corrected chi connectivity index (χ3v) is 6.73. The van der Waals surface area contributed by atoms with Crippen LogP contribution in [0.5, 0.6) is 0 Å². The van der Waals surface area contributed by atoms with Crippen molar-refractivity contribution in [3.8, 4) is 11.1 Å². The van der Waals surface area contributed by atoms with Crippen LogP contribution in [-0.2, 0) is 19.6 Å². The maximum Gasteiger partial charge on any atom is 0.0701 e. The molecule has 0 aromatic heterocycles. The van der Waals surface area contributed by atoms with Crippen molar-refractivity contribution in [2.24, 2.45) is 0 Å². The first kappa shape index (κ1) is 25.4. The minimum atomic E-state index is -0.391. The van der Waals surface area contributed by atoms with E-state index in [0.29, 0.717) is 39.6 Å². The highest BCUT2D eigenvalue weighted by molar-refractivity contribution is 5.84. The molecule has 0 radical (unpaired) electrons. The van der Waals surface area contributed by atoms with Gasteiger partial charge in [0.15, 0.2) is 0 Å². The summed E-state index contributed by atoms with van der Waals surface area (Å²) in [4.78, 5) is 2.12. The Hall–Kier alpha value is -2.70. The molecule has 0 spiro atoms. The van der Waals surface area contributed by atoms with Crippen LogP contribution in [0, 0.1) is 13.8 Å². The van der Waals surface area contributed by atoms with Crippen molar-refractivity contribution in [3.05, 3.63) is 88.5 Å². The highest BCUT2D eigenvalue weighted by atomic mass is 16.5. The molecule has 4 rings (SSSR count). The Morgan fingerprint density at radius 3 is 1.71 bits per heavy atom. The minimum absolute atomic E-state index is 0.0304. The maximum atomic E-state index is 8.79. The summed E-state index contributed by atoms with van der Waals surface area (Å²) >= 11 is 0. The molecule has 1 aliphatic carbocycles. The first-order valence-corrected chi connectivity index (χ1v) is 12.3. The van der Waals surface area contributed by atoms with Gasteiger partial charge in [-0.05, 0) is 53.8 Å².